The average Bonchev–Trinajstić information content (AvgIpc) is 2.82. The maximum absolute atomic E-state index is 13.2. The number of rotatable bonds is 8. The van der Waals surface area contributed by atoms with Gasteiger partial charge >= 0.3 is 6.09 Å². The van der Waals surface area contributed by atoms with Crippen LogP contribution in [0.1, 0.15) is 33.6 Å². The van der Waals surface area contributed by atoms with Gasteiger partial charge in [-0.3, -0.25) is 4.79 Å². The first-order valence-corrected chi connectivity index (χ1v) is 13.7. The van der Waals surface area contributed by atoms with Crippen molar-refractivity contribution in [2.75, 3.05) is 37.4 Å². The van der Waals surface area contributed by atoms with Gasteiger partial charge in [0.2, 0.25) is 15.9 Å². The number of methoxy groups -OCH3 is 1. The number of anilines is 2. The fourth-order valence-electron chi connectivity index (χ4n) is 3.78. The summed E-state index contributed by atoms with van der Waals surface area (Å²) in [6, 6.07) is 10.9. The van der Waals surface area contributed by atoms with Gasteiger partial charge < -0.3 is 25.0 Å². The molecule has 37 heavy (non-hydrogen) atoms. The molecule has 2 aromatic carbocycles. The Kier molecular flexibility index (Phi) is 9.27. The summed E-state index contributed by atoms with van der Waals surface area (Å²) in [4.78, 5) is 26.4. The molecule has 0 radical (unpaired) electrons. The SMILES string of the molecule is COc1ccc(Cl)cc1NC(=O)CNc1ccccc1S(=O)(=O)NC1CCN(C(=O)OC(C)(C)C)CC1. The predicted octanol–water partition coefficient (Wildman–Crippen LogP) is 4.08. The molecule has 0 aromatic heterocycles. The van der Waals surface area contributed by atoms with Crippen LogP contribution in [0.2, 0.25) is 5.02 Å². The van der Waals surface area contributed by atoms with Crippen LogP contribution in [0.25, 0.3) is 0 Å². The number of likely N-dealkylation sites (tertiary alicyclic amines) is 1. The highest BCUT2D eigenvalue weighted by atomic mass is 35.5. The number of hydrogen-bond donors (Lipinski definition) is 3. The van der Waals surface area contributed by atoms with Crippen LogP contribution in [-0.2, 0) is 19.6 Å². The van der Waals surface area contributed by atoms with Crippen molar-refractivity contribution in [2.45, 2.75) is 50.2 Å². The Labute approximate surface area is 222 Å². The number of hydrogen-bond acceptors (Lipinski definition) is 7. The summed E-state index contributed by atoms with van der Waals surface area (Å²) in [5.41, 5.74) is 0.0973. The van der Waals surface area contributed by atoms with E-state index >= 15 is 0 Å². The second kappa shape index (κ2) is 12.0. The number of benzene rings is 2. The minimum Gasteiger partial charge on any atom is -0.495 e. The molecule has 2 amide bonds. The van der Waals surface area contributed by atoms with Crippen molar-refractivity contribution in [1.82, 2.24) is 9.62 Å². The van der Waals surface area contributed by atoms with Crippen molar-refractivity contribution in [3.05, 3.63) is 47.5 Å². The maximum atomic E-state index is 13.2. The highest BCUT2D eigenvalue weighted by molar-refractivity contribution is 7.89. The van der Waals surface area contributed by atoms with Crippen LogP contribution in [0.4, 0.5) is 16.2 Å². The van der Waals surface area contributed by atoms with Gasteiger partial charge in [-0.1, -0.05) is 23.7 Å². The van der Waals surface area contributed by atoms with Gasteiger partial charge in [-0.25, -0.2) is 17.9 Å². The molecule has 0 bridgehead atoms. The van der Waals surface area contributed by atoms with Gasteiger partial charge in [-0.05, 0) is 63.9 Å². The van der Waals surface area contributed by atoms with E-state index in [0.717, 1.165) is 0 Å². The second-order valence-electron chi connectivity index (χ2n) is 9.61. The molecule has 0 saturated carbocycles. The second-order valence-corrected chi connectivity index (χ2v) is 11.7. The first-order valence-electron chi connectivity index (χ1n) is 11.8. The fourth-order valence-corrected chi connectivity index (χ4v) is 5.45. The molecule has 0 atom stereocenters. The van der Waals surface area contributed by atoms with Crippen LogP contribution in [0, 0.1) is 0 Å². The molecule has 3 N–H and O–H groups in total. The topological polar surface area (TPSA) is 126 Å². The van der Waals surface area contributed by atoms with Crippen molar-refractivity contribution >= 4 is 45.0 Å². The van der Waals surface area contributed by atoms with Gasteiger partial charge in [-0.15, -0.1) is 0 Å². The van der Waals surface area contributed by atoms with E-state index in [4.69, 9.17) is 21.1 Å². The monoisotopic (exact) mass is 552 g/mol. The zero-order chi connectivity index (χ0) is 27.2. The van der Waals surface area contributed by atoms with E-state index in [2.05, 4.69) is 15.4 Å². The van der Waals surface area contributed by atoms with E-state index in [1.807, 2.05) is 0 Å². The number of halogens is 1. The Balaban J connectivity index is 1.60. The van der Waals surface area contributed by atoms with Crippen molar-refractivity contribution in [3.63, 3.8) is 0 Å². The predicted molar refractivity (Wildman–Crippen MR) is 143 cm³/mol. The summed E-state index contributed by atoms with van der Waals surface area (Å²) in [6.07, 6.45) is 0.507. The lowest BCUT2D eigenvalue weighted by atomic mass is 10.1. The van der Waals surface area contributed by atoms with Gasteiger partial charge in [0.05, 0.1) is 25.0 Å². The summed E-state index contributed by atoms with van der Waals surface area (Å²) in [6.45, 7) is 5.99. The lowest BCUT2D eigenvalue weighted by Crippen LogP contribution is -2.47. The minimum atomic E-state index is -3.90. The van der Waals surface area contributed by atoms with Crippen LogP contribution in [0.3, 0.4) is 0 Å². The van der Waals surface area contributed by atoms with Crippen molar-refractivity contribution in [1.29, 1.82) is 0 Å². The molecule has 202 valence electrons. The molecule has 1 aliphatic rings. The molecule has 1 fully saturated rings. The number of amides is 2. The molecule has 1 heterocycles. The highest BCUT2D eigenvalue weighted by Crippen LogP contribution is 2.28. The van der Waals surface area contributed by atoms with Crippen LogP contribution in [0.5, 0.6) is 5.75 Å². The van der Waals surface area contributed by atoms with Gasteiger partial charge in [0, 0.05) is 24.2 Å². The van der Waals surface area contributed by atoms with E-state index in [-0.39, 0.29) is 23.2 Å². The maximum Gasteiger partial charge on any atom is 0.410 e. The zero-order valence-electron chi connectivity index (χ0n) is 21.3. The Morgan fingerprint density at radius 1 is 1.08 bits per heavy atom. The van der Waals surface area contributed by atoms with E-state index in [1.54, 1.807) is 62.1 Å². The summed E-state index contributed by atoms with van der Waals surface area (Å²) in [7, 11) is -2.42. The molecule has 1 aliphatic heterocycles. The molecule has 3 rings (SSSR count). The standard InChI is InChI=1S/C25H33ClN4O6S/c1-25(2,3)36-24(32)30-13-11-18(12-14-30)29-37(33,34)22-8-6-5-7-19(22)27-16-23(31)28-20-15-17(26)9-10-21(20)35-4/h5-10,15,18,27,29H,11-14,16H2,1-4H3,(H,28,31). The molecule has 0 aliphatic carbocycles. The number of sulfonamides is 1. The Hall–Kier alpha value is -3.02. The largest absolute Gasteiger partial charge is 0.495 e. The molecule has 2 aromatic rings. The molecule has 0 spiro atoms. The molecular formula is C25H33ClN4O6S. The van der Waals surface area contributed by atoms with E-state index in [0.29, 0.717) is 42.4 Å². The van der Waals surface area contributed by atoms with Crippen LogP contribution >= 0.6 is 11.6 Å². The lowest BCUT2D eigenvalue weighted by Gasteiger charge is -2.33. The molecule has 0 unspecified atom stereocenters. The lowest BCUT2D eigenvalue weighted by molar-refractivity contribution is -0.114. The summed E-state index contributed by atoms with van der Waals surface area (Å²) < 4.78 is 39.7. The van der Waals surface area contributed by atoms with Crippen molar-refractivity contribution in [2.24, 2.45) is 0 Å². The van der Waals surface area contributed by atoms with E-state index in [1.165, 1.54) is 13.2 Å². The molecule has 1 saturated heterocycles. The average molecular weight is 553 g/mol. The summed E-state index contributed by atoms with van der Waals surface area (Å²) in [5, 5.41) is 6.04. The summed E-state index contributed by atoms with van der Waals surface area (Å²) in [5.74, 6) is 0.0397. The van der Waals surface area contributed by atoms with Crippen LogP contribution in [0.15, 0.2) is 47.4 Å². The minimum absolute atomic E-state index is 0.0257. The normalized spacial score (nSPS) is 14.7. The number of nitrogens with one attached hydrogen (secondary N) is 3. The smallest absolute Gasteiger partial charge is 0.410 e. The Morgan fingerprint density at radius 3 is 2.41 bits per heavy atom. The third-order valence-electron chi connectivity index (χ3n) is 5.52. The van der Waals surface area contributed by atoms with E-state index < -0.39 is 27.6 Å². The third-order valence-corrected chi connectivity index (χ3v) is 7.33. The molecular weight excluding hydrogens is 520 g/mol. The van der Waals surface area contributed by atoms with Gasteiger partial charge in [0.1, 0.15) is 16.2 Å². The van der Waals surface area contributed by atoms with Crippen molar-refractivity contribution in [3.8, 4) is 5.75 Å². The van der Waals surface area contributed by atoms with Gasteiger partial charge in [-0.2, -0.15) is 0 Å². The van der Waals surface area contributed by atoms with Crippen LogP contribution in [-0.4, -0.2) is 63.7 Å². The highest BCUT2D eigenvalue weighted by Gasteiger charge is 2.30. The number of carbonyl (C=O) groups excluding carboxylic acids is 2. The van der Waals surface area contributed by atoms with Gasteiger partial charge in [0.25, 0.3) is 0 Å². The molecule has 10 nitrogen and oxygen atoms in total. The first kappa shape index (κ1) is 28.5. The van der Waals surface area contributed by atoms with E-state index in [9.17, 15) is 18.0 Å². The number of piperidine rings is 1. The van der Waals surface area contributed by atoms with Crippen molar-refractivity contribution < 1.29 is 27.5 Å². The quantitative estimate of drug-likeness (QED) is 0.450. The number of carbonyl (C=O) groups is 2. The third kappa shape index (κ3) is 8.24. The van der Waals surface area contributed by atoms with Gasteiger partial charge in [0.15, 0.2) is 0 Å². The Morgan fingerprint density at radius 2 is 1.76 bits per heavy atom. The zero-order valence-corrected chi connectivity index (χ0v) is 22.9. The molecule has 12 heteroatoms. The first-order chi connectivity index (χ1) is 17.4. The Bertz CT molecular complexity index is 1220. The summed E-state index contributed by atoms with van der Waals surface area (Å²) >= 11 is 6.01. The number of nitrogens with zero attached hydrogens (tertiary/aromatic N) is 1. The van der Waals surface area contributed by atoms with Crippen LogP contribution < -0.4 is 20.1 Å². The number of para-hydroxylation sites is 1. The number of ether oxygens (including phenoxy) is 2. The fraction of sp³-hybridized carbons (Fsp3) is 0.440.